The van der Waals surface area contributed by atoms with Crippen LogP contribution >= 0.6 is 0 Å². The number of nitrogens with zero attached hydrogens (tertiary/aromatic N) is 2. The van der Waals surface area contributed by atoms with Crippen molar-refractivity contribution in [2.75, 3.05) is 10.7 Å². The maximum absolute atomic E-state index is 5.59. The number of nitrogens with one attached hydrogen (secondary N) is 2. The van der Waals surface area contributed by atoms with Gasteiger partial charge >= 0.3 is 0 Å². The van der Waals surface area contributed by atoms with E-state index in [9.17, 15) is 0 Å². The normalized spacial score (nSPS) is 13.7. The minimum Gasteiger partial charge on any atom is -0.324 e. The first kappa shape index (κ1) is 12.9. The van der Waals surface area contributed by atoms with Gasteiger partial charge in [-0.3, -0.25) is 0 Å². The van der Waals surface area contributed by atoms with Gasteiger partial charge in [0.25, 0.3) is 0 Å². The Morgan fingerprint density at radius 3 is 2.55 bits per heavy atom. The molecule has 0 saturated carbocycles. The maximum Gasteiger partial charge on any atom is 0.229 e. The highest BCUT2D eigenvalue weighted by Crippen LogP contribution is 2.27. The van der Waals surface area contributed by atoms with Crippen LogP contribution in [0.25, 0.3) is 0 Å². The molecule has 2 aromatic rings. The van der Waals surface area contributed by atoms with Crippen LogP contribution in [0.15, 0.2) is 24.3 Å². The van der Waals surface area contributed by atoms with Gasteiger partial charge in [-0.05, 0) is 44.7 Å². The summed E-state index contributed by atoms with van der Waals surface area (Å²) in [5, 5.41) is 3.24. The molecule has 0 radical (unpaired) electrons. The van der Waals surface area contributed by atoms with Crippen molar-refractivity contribution in [1.82, 2.24) is 9.97 Å². The fraction of sp³-hybridized carbons (Fsp3) is 0.333. The van der Waals surface area contributed by atoms with Gasteiger partial charge in [-0.1, -0.05) is 17.7 Å². The second-order valence-electron chi connectivity index (χ2n) is 5.16. The molecule has 0 aliphatic heterocycles. The van der Waals surface area contributed by atoms with Crippen molar-refractivity contribution in [3.8, 4) is 0 Å². The average Bonchev–Trinajstić information content (AvgIpc) is 2.49. The third-order valence-electron chi connectivity index (χ3n) is 3.63. The third-order valence-corrected chi connectivity index (χ3v) is 3.63. The Hall–Kier alpha value is -2.14. The Kier molecular flexibility index (Phi) is 3.52. The van der Waals surface area contributed by atoms with E-state index in [1.165, 1.54) is 18.4 Å². The van der Waals surface area contributed by atoms with Gasteiger partial charge in [0.2, 0.25) is 5.95 Å². The number of fused-ring (bicyclic) bond motifs is 1. The molecule has 104 valence electrons. The van der Waals surface area contributed by atoms with Crippen molar-refractivity contribution in [1.29, 1.82) is 0 Å². The fourth-order valence-corrected chi connectivity index (χ4v) is 2.54. The van der Waals surface area contributed by atoms with E-state index in [-0.39, 0.29) is 0 Å². The van der Waals surface area contributed by atoms with Gasteiger partial charge in [-0.25, -0.2) is 10.8 Å². The number of aryl methyl sites for hydroxylation is 2. The number of benzene rings is 1. The molecule has 20 heavy (non-hydrogen) atoms. The second-order valence-corrected chi connectivity index (χ2v) is 5.16. The van der Waals surface area contributed by atoms with Crippen molar-refractivity contribution < 1.29 is 0 Å². The zero-order valence-corrected chi connectivity index (χ0v) is 11.6. The molecule has 0 saturated heterocycles. The highest BCUT2D eigenvalue weighted by molar-refractivity contribution is 5.58. The predicted octanol–water partition coefficient (Wildman–Crippen LogP) is 2.69. The van der Waals surface area contributed by atoms with Crippen LogP contribution in [0.3, 0.4) is 0 Å². The van der Waals surface area contributed by atoms with Gasteiger partial charge in [-0.2, -0.15) is 4.98 Å². The van der Waals surface area contributed by atoms with Crippen LogP contribution in [0.1, 0.15) is 29.7 Å². The van der Waals surface area contributed by atoms with E-state index in [1.807, 2.05) is 12.1 Å². The van der Waals surface area contributed by atoms with Crippen molar-refractivity contribution in [3.63, 3.8) is 0 Å². The van der Waals surface area contributed by atoms with Gasteiger partial charge in [0.15, 0.2) is 0 Å². The lowest BCUT2D eigenvalue weighted by Gasteiger charge is -2.18. The summed E-state index contributed by atoms with van der Waals surface area (Å²) in [4.78, 5) is 9.09. The van der Waals surface area contributed by atoms with Crippen LogP contribution in [0.2, 0.25) is 0 Å². The Labute approximate surface area is 118 Å². The summed E-state index contributed by atoms with van der Waals surface area (Å²) >= 11 is 0. The number of hydrogen-bond donors (Lipinski definition) is 3. The third kappa shape index (κ3) is 2.58. The Morgan fingerprint density at radius 1 is 1.05 bits per heavy atom. The molecular formula is C15H19N5. The van der Waals surface area contributed by atoms with E-state index in [2.05, 4.69) is 39.8 Å². The molecule has 0 atom stereocenters. The molecule has 4 N–H and O–H groups in total. The molecule has 0 fully saturated rings. The zero-order chi connectivity index (χ0) is 13.9. The minimum atomic E-state index is 0.599. The molecule has 0 unspecified atom stereocenters. The Morgan fingerprint density at radius 2 is 1.80 bits per heavy atom. The van der Waals surface area contributed by atoms with E-state index in [4.69, 9.17) is 5.84 Å². The van der Waals surface area contributed by atoms with Crippen LogP contribution < -0.4 is 16.6 Å². The molecular weight excluding hydrogens is 250 g/mol. The summed E-state index contributed by atoms with van der Waals surface area (Å²) < 4.78 is 0. The van der Waals surface area contributed by atoms with E-state index < -0.39 is 0 Å². The van der Waals surface area contributed by atoms with E-state index in [0.717, 1.165) is 35.6 Å². The Bertz CT molecular complexity index is 589. The summed E-state index contributed by atoms with van der Waals surface area (Å²) in [5.41, 5.74) is 7.17. The van der Waals surface area contributed by atoms with Crippen LogP contribution in [0.5, 0.6) is 0 Å². The predicted molar refractivity (Wildman–Crippen MR) is 80.9 cm³/mol. The van der Waals surface area contributed by atoms with Crippen molar-refractivity contribution in [2.45, 2.75) is 32.6 Å². The quantitative estimate of drug-likeness (QED) is 0.590. The standard InChI is InChI=1S/C15H19N5/c1-10-6-8-11(9-7-10)17-15-18-13-5-3-2-4-12(13)14(19-15)20-16/h6-9H,2-5,16H2,1H3,(H2,17,18,19,20). The van der Waals surface area contributed by atoms with Crippen molar-refractivity contribution >= 4 is 17.5 Å². The molecule has 5 nitrogen and oxygen atoms in total. The summed E-state index contributed by atoms with van der Waals surface area (Å²) in [6, 6.07) is 8.16. The minimum absolute atomic E-state index is 0.599. The molecule has 1 aliphatic carbocycles. The molecule has 0 amide bonds. The summed E-state index contributed by atoms with van der Waals surface area (Å²) in [6.45, 7) is 2.07. The van der Waals surface area contributed by atoms with Gasteiger partial charge in [-0.15, -0.1) is 0 Å². The summed E-state index contributed by atoms with van der Waals surface area (Å²) in [6.07, 6.45) is 4.35. The molecule has 5 heteroatoms. The lowest BCUT2D eigenvalue weighted by Crippen LogP contribution is -2.17. The van der Waals surface area contributed by atoms with Gasteiger partial charge in [0.05, 0.1) is 5.69 Å². The van der Waals surface area contributed by atoms with Crippen molar-refractivity contribution in [2.24, 2.45) is 5.84 Å². The van der Waals surface area contributed by atoms with Crippen LogP contribution in [-0.2, 0) is 12.8 Å². The van der Waals surface area contributed by atoms with E-state index in [1.54, 1.807) is 0 Å². The first-order valence-corrected chi connectivity index (χ1v) is 6.96. The Balaban J connectivity index is 1.91. The molecule has 1 aliphatic rings. The monoisotopic (exact) mass is 269 g/mol. The molecule has 1 aromatic heterocycles. The SMILES string of the molecule is Cc1ccc(Nc2nc3c(c(NN)n2)CCCC3)cc1. The summed E-state index contributed by atoms with van der Waals surface area (Å²) in [5.74, 6) is 6.93. The van der Waals surface area contributed by atoms with Crippen LogP contribution in [0, 0.1) is 6.92 Å². The molecule has 1 aromatic carbocycles. The summed E-state index contributed by atoms with van der Waals surface area (Å²) in [7, 11) is 0. The number of aromatic nitrogens is 2. The smallest absolute Gasteiger partial charge is 0.229 e. The number of nitrogens with two attached hydrogens (primary N) is 1. The first-order chi connectivity index (χ1) is 9.76. The second kappa shape index (κ2) is 5.46. The number of hydrogen-bond acceptors (Lipinski definition) is 5. The van der Waals surface area contributed by atoms with Crippen molar-refractivity contribution in [3.05, 3.63) is 41.1 Å². The fourth-order valence-electron chi connectivity index (χ4n) is 2.54. The molecule has 0 spiro atoms. The first-order valence-electron chi connectivity index (χ1n) is 6.96. The molecule has 1 heterocycles. The van der Waals surface area contributed by atoms with Gasteiger partial charge in [0.1, 0.15) is 5.82 Å². The number of rotatable bonds is 3. The average molecular weight is 269 g/mol. The molecule has 0 bridgehead atoms. The number of nitrogen functional groups attached to an aromatic ring is 1. The van der Waals surface area contributed by atoms with E-state index in [0.29, 0.717) is 5.95 Å². The van der Waals surface area contributed by atoms with Crippen LogP contribution in [-0.4, -0.2) is 9.97 Å². The highest BCUT2D eigenvalue weighted by Gasteiger charge is 2.17. The maximum atomic E-state index is 5.59. The van der Waals surface area contributed by atoms with Crippen LogP contribution in [0.4, 0.5) is 17.5 Å². The number of anilines is 3. The largest absolute Gasteiger partial charge is 0.324 e. The van der Waals surface area contributed by atoms with E-state index >= 15 is 0 Å². The highest BCUT2D eigenvalue weighted by atomic mass is 15.3. The lowest BCUT2D eigenvalue weighted by atomic mass is 9.96. The zero-order valence-electron chi connectivity index (χ0n) is 11.6. The topological polar surface area (TPSA) is 75.9 Å². The molecule has 3 rings (SSSR count). The number of hydrazine groups is 1. The van der Waals surface area contributed by atoms with Gasteiger partial charge in [0, 0.05) is 11.3 Å². The van der Waals surface area contributed by atoms with Gasteiger partial charge < -0.3 is 10.7 Å². The lowest BCUT2D eigenvalue weighted by molar-refractivity contribution is 0.665.